The maximum absolute atomic E-state index is 11.6. The van der Waals surface area contributed by atoms with Gasteiger partial charge in [0.05, 0.1) is 4.90 Å². The van der Waals surface area contributed by atoms with Crippen LogP contribution in [0.4, 0.5) is 5.69 Å². The molecule has 0 spiro atoms. The van der Waals surface area contributed by atoms with E-state index < -0.39 is 10.0 Å². The molecule has 4 nitrogen and oxygen atoms in total. The number of aryl methyl sites for hydroxylation is 2. The van der Waals surface area contributed by atoms with Crippen molar-refractivity contribution in [2.45, 2.75) is 18.7 Å². The number of rotatable bonds is 2. The summed E-state index contributed by atoms with van der Waals surface area (Å²) in [6.45, 7) is 3.92. The quantitative estimate of drug-likeness (QED) is 0.824. The summed E-state index contributed by atoms with van der Waals surface area (Å²) in [5.41, 5.74) is 9.69. The lowest BCUT2D eigenvalue weighted by Crippen LogP contribution is -2.13. The van der Waals surface area contributed by atoms with Crippen LogP contribution in [0.1, 0.15) is 11.1 Å². The first-order chi connectivity index (χ1) is 8.77. The predicted octanol–water partition coefficient (Wildman–Crippen LogP) is 2.20. The highest BCUT2D eigenvalue weighted by Crippen LogP contribution is 2.30. The van der Waals surface area contributed by atoms with Crippen LogP contribution >= 0.6 is 0 Å². The SMILES string of the molecule is Cc1cc(C)cc(-c2cc(N)ccc2S(N)(=O)=O)c1. The van der Waals surface area contributed by atoms with Gasteiger partial charge in [0.1, 0.15) is 0 Å². The summed E-state index contributed by atoms with van der Waals surface area (Å²) in [5.74, 6) is 0. The average molecular weight is 276 g/mol. The van der Waals surface area contributed by atoms with E-state index in [1.165, 1.54) is 12.1 Å². The molecule has 4 N–H and O–H groups in total. The number of hydrogen-bond donors (Lipinski definition) is 2. The second-order valence-corrected chi connectivity index (χ2v) is 6.21. The Morgan fingerprint density at radius 1 is 0.947 bits per heavy atom. The topological polar surface area (TPSA) is 86.2 Å². The first kappa shape index (κ1) is 13.6. The molecular weight excluding hydrogens is 260 g/mol. The molecule has 0 fully saturated rings. The zero-order valence-electron chi connectivity index (χ0n) is 10.8. The normalized spacial score (nSPS) is 11.5. The molecule has 0 heterocycles. The van der Waals surface area contributed by atoms with Crippen LogP contribution in [0.5, 0.6) is 0 Å². The van der Waals surface area contributed by atoms with Crippen molar-refractivity contribution in [2.24, 2.45) is 5.14 Å². The van der Waals surface area contributed by atoms with E-state index in [1.54, 1.807) is 6.07 Å². The lowest BCUT2D eigenvalue weighted by Gasteiger charge is -2.11. The Balaban J connectivity index is 2.77. The van der Waals surface area contributed by atoms with E-state index in [4.69, 9.17) is 10.9 Å². The molecule has 0 aliphatic carbocycles. The summed E-state index contributed by atoms with van der Waals surface area (Å²) < 4.78 is 23.3. The zero-order valence-corrected chi connectivity index (χ0v) is 11.7. The Morgan fingerprint density at radius 3 is 2.05 bits per heavy atom. The fourth-order valence-electron chi connectivity index (χ4n) is 2.15. The molecule has 19 heavy (non-hydrogen) atoms. The Hall–Kier alpha value is -1.85. The number of anilines is 1. The van der Waals surface area contributed by atoms with Crippen LogP contribution in [0.25, 0.3) is 11.1 Å². The van der Waals surface area contributed by atoms with Gasteiger partial charge in [-0.2, -0.15) is 0 Å². The maximum atomic E-state index is 11.6. The molecule has 0 unspecified atom stereocenters. The van der Waals surface area contributed by atoms with Crippen molar-refractivity contribution < 1.29 is 8.42 Å². The Morgan fingerprint density at radius 2 is 1.53 bits per heavy atom. The van der Waals surface area contributed by atoms with Crippen molar-refractivity contribution in [1.82, 2.24) is 0 Å². The molecule has 2 aromatic rings. The lowest BCUT2D eigenvalue weighted by atomic mass is 10.0. The molecule has 5 heteroatoms. The Labute approximate surface area is 113 Å². The lowest BCUT2D eigenvalue weighted by molar-refractivity contribution is 0.598. The van der Waals surface area contributed by atoms with Crippen LogP contribution in [-0.4, -0.2) is 8.42 Å². The van der Waals surface area contributed by atoms with Gasteiger partial charge in [0.25, 0.3) is 0 Å². The van der Waals surface area contributed by atoms with Crippen LogP contribution in [0.2, 0.25) is 0 Å². The number of nitrogens with two attached hydrogens (primary N) is 2. The fraction of sp³-hybridized carbons (Fsp3) is 0.143. The maximum Gasteiger partial charge on any atom is 0.238 e. The molecule has 0 aromatic heterocycles. The highest BCUT2D eigenvalue weighted by atomic mass is 32.2. The number of sulfonamides is 1. The van der Waals surface area contributed by atoms with Crippen LogP contribution in [0, 0.1) is 13.8 Å². The summed E-state index contributed by atoms with van der Waals surface area (Å²) in [6, 6.07) is 10.5. The van der Waals surface area contributed by atoms with Gasteiger partial charge in [0.2, 0.25) is 10.0 Å². The molecule has 0 aliphatic rings. The molecule has 0 atom stereocenters. The molecule has 0 saturated heterocycles. The standard InChI is InChI=1S/C14H16N2O2S/c1-9-5-10(2)7-11(6-9)13-8-12(15)3-4-14(13)19(16,17)18/h3-8H,15H2,1-2H3,(H2,16,17,18). The van der Waals surface area contributed by atoms with Gasteiger partial charge in [-0.05, 0) is 37.6 Å². The summed E-state index contributed by atoms with van der Waals surface area (Å²) in [6.07, 6.45) is 0. The number of nitrogen functional groups attached to an aromatic ring is 1. The molecule has 0 radical (unpaired) electrons. The van der Waals surface area contributed by atoms with Crippen molar-refractivity contribution in [3.8, 4) is 11.1 Å². The van der Waals surface area contributed by atoms with E-state index in [1.807, 2.05) is 32.0 Å². The van der Waals surface area contributed by atoms with Gasteiger partial charge in [0.15, 0.2) is 0 Å². The molecule has 0 bridgehead atoms. The molecule has 2 rings (SSSR count). The van der Waals surface area contributed by atoms with Crippen LogP contribution in [0.15, 0.2) is 41.3 Å². The Kier molecular flexibility index (Phi) is 3.34. The fourth-order valence-corrected chi connectivity index (χ4v) is 2.89. The van der Waals surface area contributed by atoms with Crippen molar-refractivity contribution >= 4 is 15.7 Å². The van der Waals surface area contributed by atoms with Crippen molar-refractivity contribution in [1.29, 1.82) is 0 Å². The monoisotopic (exact) mass is 276 g/mol. The average Bonchev–Trinajstić information content (AvgIpc) is 2.25. The van der Waals surface area contributed by atoms with Gasteiger partial charge in [-0.1, -0.05) is 29.3 Å². The molecule has 0 saturated carbocycles. The molecule has 2 aromatic carbocycles. The number of benzene rings is 2. The molecule has 100 valence electrons. The van der Waals surface area contributed by atoms with Crippen molar-refractivity contribution in [3.05, 3.63) is 47.5 Å². The van der Waals surface area contributed by atoms with Gasteiger partial charge < -0.3 is 5.73 Å². The van der Waals surface area contributed by atoms with Crippen LogP contribution in [-0.2, 0) is 10.0 Å². The van der Waals surface area contributed by atoms with E-state index in [2.05, 4.69) is 0 Å². The summed E-state index contributed by atoms with van der Waals surface area (Å²) in [7, 11) is -3.78. The molecular formula is C14H16N2O2S. The third-order valence-electron chi connectivity index (χ3n) is 2.84. The first-order valence-electron chi connectivity index (χ1n) is 5.78. The van der Waals surface area contributed by atoms with E-state index in [-0.39, 0.29) is 4.90 Å². The summed E-state index contributed by atoms with van der Waals surface area (Å²) >= 11 is 0. The third-order valence-corrected chi connectivity index (χ3v) is 3.81. The zero-order chi connectivity index (χ0) is 14.2. The minimum absolute atomic E-state index is 0.0895. The van der Waals surface area contributed by atoms with Crippen molar-refractivity contribution in [2.75, 3.05) is 5.73 Å². The minimum atomic E-state index is -3.78. The largest absolute Gasteiger partial charge is 0.399 e. The third kappa shape index (κ3) is 2.94. The number of hydrogen-bond acceptors (Lipinski definition) is 3. The summed E-state index contributed by atoms with van der Waals surface area (Å²) in [5, 5.41) is 5.25. The van der Waals surface area contributed by atoms with Crippen LogP contribution < -0.4 is 10.9 Å². The Bertz CT molecular complexity index is 717. The minimum Gasteiger partial charge on any atom is -0.399 e. The van der Waals surface area contributed by atoms with Gasteiger partial charge in [0, 0.05) is 11.3 Å². The van der Waals surface area contributed by atoms with Gasteiger partial charge in [-0.15, -0.1) is 0 Å². The molecule has 0 amide bonds. The van der Waals surface area contributed by atoms with Gasteiger partial charge in [-0.25, -0.2) is 13.6 Å². The van der Waals surface area contributed by atoms with Crippen molar-refractivity contribution in [3.63, 3.8) is 0 Å². The summed E-state index contributed by atoms with van der Waals surface area (Å²) in [4.78, 5) is 0.0895. The highest BCUT2D eigenvalue weighted by molar-refractivity contribution is 7.89. The second kappa shape index (κ2) is 4.68. The van der Waals surface area contributed by atoms with E-state index in [0.29, 0.717) is 11.3 Å². The smallest absolute Gasteiger partial charge is 0.238 e. The molecule has 0 aliphatic heterocycles. The van der Waals surface area contributed by atoms with E-state index in [9.17, 15) is 8.42 Å². The highest BCUT2D eigenvalue weighted by Gasteiger charge is 2.15. The van der Waals surface area contributed by atoms with Gasteiger partial charge in [-0.3, -0.25) is 0 Å². The number of primary sulfonamides is 1. The predicted molar refractivity (Wildman–Crippen MR) is 77.1 cm³/mol. The second-order valence-electron chi connectivity index (χ2n) is 4.68. The van der Waals surface area contributed by atoms with E-state index >= 15 is 0 Å². The van der Waals surface area contributed by atoms with E-state index in [0.717, 1.165) is 16.7 Å². The van der Waals surface area contributed by atoms with Crippen LogP contribution in [0.3, 0.4) is 0 Å². The van der Waals surface area contributed by atoms with Gasteiger partial charge >= 0.3 is 0 Å². The first-order valence-corrected chi connectivity index (χ1v) is 7.33.